The molecular weight excluding hydrogens is 190 g/mol. The van der Waals surface area contributed by atoms with E-state index < -0.39 is 0 Å². The molecule has 1 unspecified atom stereocenters. The smallest absolute Gasteiger partial charge is 0.158 e. The largest absolute Gasteiger partial charge is 0.353 e. The van der Waals surface area contributed by atoms with Crippen molar-refractivity contribution in [2.75, 3.05) is 6.61 Å². The maximum atomic E-state index is 5.64. The van der Waals surface area contributed by atoms with Crippen LogP contribution < -0.4 is 0 Å². The Balaban J connectivity index is 1.81. The molecule has 1 aromatic heterocycles. The average Bonchev–Trinajstić information content (AvgIpc) is 2.28. The highest BCUT2D eigenvalue weighted by atomic mass is 16.7. The van der Waals surface area contributed by atoms with Crippen molar-refractivity contribution < 1.29 is 9.47 Å². The fourth-order valence-electron chi connectivity index (χ4n) is 1.70. The van der Waals surface area contributed by atoms with E-state index in [1.54, 1.807) is 0 Å². The molecule has 2 heterocycles. The molecule has 0 bridgehead atoms. The van der Waals surface area contributed by atoms with Gasteiger partial charge in [-0.15, -0.1) is 0 Å². The lowest BCUT2D eigenvalue weighted by atomic mass is 10.2. The van der Waals surface area contributed by atoms with Gasteiger partial charge in [-0.3, -0.25) is 4.98 Å². The van der Waals surface area contributed by atoms with Crippen LogP contribution in [-0.2, 0) is 16.1 Å². The summed E-state index contributed by atoms with van der Waals surface area (Å²) < 4.78 is 11.1. The van der Waals surface area contributed by atoms with E-state index >= 15 is 0 Å². The molecule has 0 aromatic carbocycles. The van der Waals surface area contributed by atoms with Crippen LogP contribution in [0.1, 0.15) is 30.7 Å². The lowest BCUT2D eigenvalue weighted by molar-refractivity contribution is -0.169. The van der Waals surface area contributed by atoms with E-state index in [1.807, 2.05) is 25.1 Å². The van der Waals surface area contributed by atoms with Gasteiger partial charge in [-0.2, -0.15) is 0 Å². The van der Waals surface area contributed by atoms with Gasteiger partial charge < -0.3 is 9.47 Å². The highest BCUT2D eigenvalue weighted by Gasteiger charge is 2.13. The van der Waals surface area contributed by atoms with Gasteiger partial charge in [0.1, 0.15) is 0 Å². The van der Waals surface area contributed by atoms with Gasteiger partial charge in [0.05, 0.1) is 12.3 Å². The molecule has 82 valence electrons. The third-order valence-corrected chi connectivity index (χ3v) is 2.50. The Morgan fingerprint density at radius 3 is 3.13 bits per heavy atom. The summed E-state index contributed by atoms with van der Waals surface area (Å²) in [6, 6.07) is 5.97. The van der Waals surface area contributed by atoms with Crippen molar-refractivity contribution in [3.05, 3.63) is 29.6 Å². The molecular formula is C12H17NO2. The van der Waals surface area contributed by atoms with Gasteiger partial charge in [-0.05, 0) is 38.3 Å². The summed E-state index contributed by atoms with van der Waals surface area (Å²) in [6.45, 7) is 3.36. The molecule has 0 radical (unpaired) electrons. The van der Waals surface area contributed by atoms with E-state index in [2.05, 4.69) is 4.98 Å². The van der Waals surface area contributed by atoms with Crippen molar-refractivity contribution in [2.45, 2.75) is 39.1 Å². The maximum Gasteiger partial charge on any atom is 0.158 e. The monoisotopic (exact) mass is 207 g/mol. The van der Waals surface area contributed by atoms with Crippen molar-refractivity contribution >= 4 is 0 Å². The van der Waals surface area contributed by atoms with Crippen LogP contribution in [0.4, 0.5) is 0 Å². The predicted molar refractivity (Wildman–Crippen MR) is 57.4 cm³/mol. The van der Waals surface area contributed by atoms with Crippen molar-refractivity contribution in [3.8, 4) is 0 Å². The summed E-state index contributed by atoms with van der Waals surface area (Å²) in [4.78, 5) is 4.38. The molecule has 1 atom stereocenters. The quantitative estimate of drug-likeness (QED) is 0.762. The molecule has 3 heteroatoms. The Labute approximate surface area is 90.4 Å². The van der Waals surface area contributed by atoms with Gasteiger partial charge in [0, 0.05) is 12.3 Å². The van der Waals surface area contributed by atoms with Crippen LogP contribution in [0.3, 0.4) is 0 Å². The van der Waals surface area contributed by atoms with Crippen LogP contribution in [0.15, 0.2) is 18.2 Å². The zero-order chi connectivity index (χ0) is 10.5. The minimum atomic E-state index is -0.0268. The number of ether oxygens (including phenoxy) is 2. The molecule has 2 rings (SSSR count). The molecule has 1 saturated heterocycles. The van der Waals surface area contributed by atoms with E-state index in [9.17, 15) is 0 Å². The second-order valence-corrected chi connectivity index (χ2v) is 3.88. The first-order chi connectivity index (χ1) is 7.34. The number of hydrogen-bond acceptors (Lipinski definition) is 3. The van der Waals surface area contributed by atoms with Crippen molar-refractivity contribution in [2.24, 2.45) is 0 Å². The fraction of sp³-hybridized carbons (Fsp3) is 0.583. The molecule has 1 fully saturated rings. The fourth-order valence-corrected chi connectivity index (χ4v) is 1.70. The lowest BCUT2D eigenvalue weighted by Crippen LogP contribution is -2.22. The second kappa shape index (κ2) is 5.24. The van der Waals surface area contributed by atoms with Crippen LogP contribution in [0, 0.1) is 6.92 Å². The van der Waals surface area contributed by atoms with E-state index in [0.717, 1.165) is 30.8 Å². The van der Waals surface area contributed by atoms with Gasteiger partial charge in [0.2, 0.25) is 0 Å². The summed E-state index contributed by atoms with van der Waals surface area (Å²) in [5.41, 5.74) is 2.00. The van der Waals surface area contributed by atoms with E-state index in [4.69, 9.17) is 9.47 Å². The minimum absolute atomic E-state index is 0.0268. The first-order valence-corrected chi connectivity index (χ1v) is 5.50. The summed E-state index contributed by atoms with van der Waals surface area (Å²) in [5, 5.41) is 0. The zero-order valence-corrected chi connectivity index (χ0v) is 9.11. The Morgan fingerprint density at radius 1 is 1.47 bits per heavy atom. The first kappa shape index (κ1) is 10.6. The average molecular weight is 207 g/mol. The third kappa shape index (κ3) is 3.29. The summed E-state index contributed by atoms with van der Waals surface area (Å²) in [6.07, 6.45) is 3.33. The van der Waals surface area contributed by atoms with Gasteiger partial charge in [0.25, 0.3) is 0 Å². The second-order valence-electron chi connectivity index (χ2n) is 3.88. The Kier molecular flexibility index (Phi) is 3.69. The normalized spacial score (nSPS) is 21.5. The van der Waals surface area contributed by atoms with E-state index in [1.165, 1.54) is 6.42 Å². The topological polar surface area (TPSA) is 31.4 Å². The van der Waals surface area contributed by atoms with Crippen LogP contribution in [0.25, 0.3) is 0 Å². The van der Waals surface area contributed by atoms with Gasteiger partial charge in [0.15, 0.2) is 6.29 Å². The molecule has 15 heavy (non-hydrogen) atoms. The van der Waals surface area contributed by atoms with Gasteiger partial charge in [-0.1, -0.05) is 6.07 Å². The van der Waals surface area contributed by atoms with Crippen molar-refractivity contribution in [3.63, 3.8) is 0 Å². The number of aromatic nitrogens is 1. The van der Waals surface area contributed by atoms with Crippen LogP contribution in [0.5, 0.6) is 0 Å². The summed E-state index contributed by atoms with van der Waals surface area (Å²) >= 11 is 0. The highest BCUT2D eigenvalue weighted by molar-refractivity contribution is 5.08. The van der Waals surface area contributed by atoms with Crippen LogP contribution in [0.2, 0.25) is 0 Å². The lowest BCUT2D eigenvalue weighted by Gasteiger charge is -2.22. The zero-order valence-electron chi connectivity index (χ0n) is 9.11. The molecule has 0 spiro atoms. The first-order valence-electron chi connectivity index (χ1n) is 5.50. The summed E-state index contributed by atoms with van der Waals surface area (Å²) in [7, 11) is 0. The highest BCUT2D eigenvalue weighted by Crippen LogP contribution is 2.15. The Bertz CT molecular complexity index is 308. The number of aryl methyl sites for hydroxylation is 1. The van der Waals surface area contributed by atoms with Crippen LogP contribution in [-0.4, -0.2) is 17.9 Å². The molecule has 0 N–H and O–H groups in total. The van der Waals surface area contributed by atoms with Crippen LogP contribution >= 0.6 is 0 Å². The molecule has 3 nitrogen and oxygen atoms in total. The van der Waals surface area contributed by atoms with Crippen molar-refractivity contribution in [1.82, 2.24) is 4.98 Å². The number of pyridine rings is 1. The molecule has 0 saturated carbocycles. The number of rotatable bonds is 3. The van der Waals surface area contributed by atoms with Gasteiger partial charge >= 0.3 is 0 Å². The molecule has 0 amide bonds. The number of nitrogens with zero attached hydrogens (tertiary/aromatic N) is 1. The molecule has 0 aliphatic carbocycles. The molecule has 1 aromatic rings. The summed E-state index contributed by atoms with van der Waals surface area (Å²) in [5.74, 6) is 0. The van der Waals surface area contributed by atoms with E-state index in [0.29, 0.717) is 6.61 Å². The Morgan fingerprint density at radius 2 is 2.40 bits per heavy atom. The minimum Gasteiger partial charge on any atom is -0.353 e. The Hall–Kier alpha value is -0.930. The van der Waals surface area contributed by atoms with Gasteiger partial charge in [-0.25, -0.2) is 0 Å². The number of hydrogen-bond donors (Lipinski definition) is 0. The standard InChI is InChI=1S/C12H17NO2/c1-10-5-4-6-11(13-10)9-15-12-7-2-3-8-14-12/h4-6,12H,2-3,7-9H2,1H3. The van der Waals surface area contributed by atoms with Crippen molar-refractivity contribution in [1.29, 1.82) is 0 Å². The SMILES string of the molecule is Cc1cccc(COC2CCCCO2)n1. The predicted octanol–water partition coefficient (Wildman–Crippen LogP) is 2.43. The molecule has 1 aliphatic heterocycles. The third-order valence-electron chi connectivity index (χ3n) is 2.50. The van der Waals surface area contributed by atoms with E-state index in [-0.39, 0.29) is 6.29 Å². The molecule has 1 aliphatic rings. The maximum absolute atomic E-state index is 5.64.